The van der Waals surface area contributed by atoms with Crippen LogP contribution in [0.15, 0.2) is 356 Å². The average molecular weight is 1370 g/mol. The highest BCUT2D eigenvalue weighted by atomic mass is 79.9. The van der Waals surface area contributed by atoms with E-state index >= 15 is 0 Å². The number of rotatable bonds is 10. The molecule has 1 aliphatic heterocycles. The maximum Gasteiger partial charge on any atom is 0.496 e. The Morgan fingerprint density at radius 1 is 0.265 bits per heavy atom. The van der Waals surface area contributed by atoms with E-state index in [4.69, 9.17) is 9.31 Å². The van der Waals surface area contributed by atoms with E-state index in [1.54, 1.807) is 0 Å². The second kappa shape index (κ2) is 26.8. The summed E-state index contributed by atoms with van der Waals surface area (Å²) in [7, 11) is -6.29. The molecule has 0 aliphatic carbocycles. The lowest BCUT2D eigenvalue weighted by Crippen LogP contribution is -2.41. The summed E-state index contributed by atoms with van der Waals surface area (Å²) < 4.78 is 43.0. The second-order valence-electron chi connectivity index (χ2n) is 26.0. The SMILES string of the molecule is CC1(C)OB(c2c3ccccc3c(-c3ccc4ccccc4c3)c3ccccc23)OC1(C)C.O=P(c1ccccc1)(c1ccccc1)c1ccc(-c2c3ccccc3c(-c3ccc4ccccc4c3)c3ccccc23)cc1.O=P(c1ccccc1)(c1ccccc1)c1ccc(Br)cc1. The first-order valence-electron chi connectivity index (χ1n) is 33.3. The van der Waals surface area contributed by atoms with Gasteiger partial charge in [-0.2, -0.15) is 0 Å². The lowest BCUT2D eigenvalue weighted by Gasteiger charge is -2.32. The van der Waals surface area contributed by atoms with E-state index in [9.17, 15) is 9.13 Å². The predicted octanol–water partition coefficient (Wildman–Crippen LogP) is 21.3. The van der Waals surface area contributed by atoms with E-state index in [2.05, 4.69) is 250 Å². The third kappa shape index (κ3) is 11.9. The van der Waals surface area contributed by atoms with Gasteiger partial charge in [-0.1, -0.05) is 331 Å². The summed E-state index contributed by atoms with van der Waals surface area (Å²) in [5.74, 6) is 0. The highest BCUT2D eigenvalue weighted by Gasteiger charge is 2.52. The quantitative estimate of drug-likeness (QED) is 0.0778. The molecule has 98 heavy (non-hydrogen) atoms. The van der Waals surface area contributed by atoms with Gasteiger partial charge in [-0.15, -0.1) is 0 Å². The minimum Gasteiger partial charge on any atom is -0.399 e. The molecule has 0 radical (unpaired) electrons. The van der Waals surface area contributed by atoms with Crippen LogP contribution in [-0.4, -0.2) is 18.3 Å². The van der Waals surface area contributed by atoms with Crippen molar-refractivity contribution in [2.24, 2.45) is 0 Å². The number of halogens is 1. The maximum atomic E-state index is 15.0. The first kappa shape index (κ1) is 64.0. The fourth-order valence-corrected chi connectivity index (χ4v) is 19.6. The van der Waals surface area contributed by atoms with Crippen molar-refractivity contribution in [1.82, 2.24) is 0 Å². The van der Waals surface area contributed by atoms with Crippen molar-refractivity contribution in [2.45, 2.75) is 38.9 Å². The number of hydrogen-bond donors (Lipinski definition) is 0. The van der Waals surface area contributed by atoms with Crippen molar-refractivity contribution in [2.75, 3.05) is 0 Å². The van der Waals surface area contributed by atoms with Crippen LogP contribution in [0.25, 0.3) is 98.0 Å². The molecule has 474 valence electrons. The molecule has 1 heterocycles. The molecule has 0 spiro atoms. The minimum atomic E-state index is -3.05. The van der Waals surface area contributed by atoms with Gasteiger partial charge in [0.2, 0.25) is 0 Å². The van der Waals surface area contributed by atoms with Crippen molar-refractivity contribution in [1.29, 1.82) is 0 Å². The molecule has 0 atom stereocenters. The smallest absolute Gasteiger partial charge is 0.399 e. The third-order valence-corrected chi connectivity index (χ3v) is 26.3. The summed E-state index contributed by atoms with van der Waals surface area (Å²) in [6.07, 6.45) is 0. The summed E-state index contributed by atoms with van der Waals surface area (Å²) in [4.78, 5) is 0. The summed E-state index contributed by atoms with van der Waals surface area (Å²) >= 11 is 3.43. The Bertz CT molecular complexity index is 5490. The molecule has 0 unspecified atom stereocenters. The largest absolute Gasteiger partial charge is 0.496 e. The van der Waals surface area contributed by atoms with Crippen molar-refractivity contribution in [3.05, 3.63) is 356 Å². The Kier molecular flexibility index (Phi) is 17.5. The highest BCUT2D eigenvalue weighted by molar-refractivity contribution is 9.10. The van der Waals surface area contributed by atoms with Gasteiger partial charge in [-0.05, 0) is 168 Å². The van der Waals surface area contributed by atoms with Gasteiger partial charge in [0.1, 0.15) is 0 Å². The molecule has 0 saturated carbocycles. The molecule has 16 aromatic rings. The molecule has 0 bridgehead atoms. The third-order valence-electron chi connectivity index (χ3n) is 19.7. The summed E-state index contributed by atoms with van der Waals surface area (Å²) in [6.45, 7) is 8.45. The van der Waals surface area contributed by atoms with Crippen molar-refractivity contribution < 1.29 is 18.4 Å². The first-order valence-corrected chi connectivity index (χ1v) is 37.5. The average Bonchev–Trinajstić information content (AvgIpc) is 1.18. The zero-order valence-electron chi connectivity index (χ0n) is 55.0. The molecule has 16 aromatic carbocycles. The number of benzene rings is 16. The summed E-state index contributed by atoms with van der Waals surface area (Å²) in [5.41, 5.74) is 7.58. The zero-order chi connectivity index (χ0) is 67.0. The maximum absolute atomic E-state index is 15.0. The van der Waals surface area contributed by atoms with Crippen LogP contribution in [0.1, 0.15) is 27.7 Å². The molecule has 0 aromatic heterocycles. The molecule has 1 aliphatic rings. The minimum absolute atomic E-state index is 0.392. The molecule has 1 fully saturated rings. The van der Waals surface area contributed by atoms with E-state index < -0.39 is 32.6 Å². The van der Waals surface area contributed by atoms with Crippen LogP contribution in [-0.2, 0) is 18.4 Å². The van der Waals surface area contributed by atoms with Crippen LogP contribution in [0, 0.1) is 0 Å². The molecule has 0 N–H and O–H groups in total. The molecule has 1 saturated heterocycles. The molecule has 4 nitrogen and oxygen atoms in total. The van der Waals surface area contributed by atoms with Crippen LogP contribution in [0.3, 0.4) is 0 Å². The molecule has 0 amide bonds. The zero-order valence-corrected chi connectivity index (χ0v) is 58.3. The van der Waals surface area contributed by atoms with Crippen molar-refractivity contribution in [3.63, 3.8) is 0 Å². The monoisotopic (exact) mass is 1370 g/mol. The first-order chi connectivity index (χ1) is 47.8. The van der Waals surface area contributed by atoms with E-state index in [0.717, 1.165) is 47.3 Å². The van der Waals surface area contributed by atoms with Gasteiger partial charge < -0.3 is 18.4 Å². The lowest BCUT2D eigenvalue weighted by molar-refractivity contribution is 0.00578. The Labute approximate surface area is 582 Å². The van der Waals surface area contributed by atoms with E-state index in [1.165, 1.54) is 92.5 Å². The topological polar surface area (TPSA) is 52.6 Å². The Hall–Kier alpha value is -10.00. The van der Waals surface area contributed by atoms with Gasteiger partial charge in [0.25, 0.3) is 0 Å². The van der Waals surface area contributed by atoms with Crippen molar-refractivity contribution in [3.8, 4) is 33.4 Å². The van der Waals surface area contributed by atoms with E-state index in [0.29, 0.717) is 0 Å². The fraction of sp³-hybridized carbons (Fsp3) is 0.0667. The van der Waals surface area contributed by atoms with E-state index in [-0.39, 0.29) is 0 Å². The van der Waals surface area contributed by atoms with Crippen LogP contribution >= 0.6 is 30.2 Å². The summed E-state index contributed by atoms with van der Waals surface area (Å²) in [5, 5.41) is 19.7. The number of fused-ring (bicyclic) bond motifs is 6. The molecule has 17 rings (SSSR count). The summed E-state index contributed by atoms with van der Waals surface area (Å²) in [6, 6.07) is 121. The highest BCUT2D eigenvalue weighted by Crippen LogP contribution is 2.48. The van der Waals surface area contributed by atoms with Crippen LogP contribution in [0.2, 0.25) is 0 Å². The lowest BCUT2D eigenvalue weighted by atomic mass is 9.71. The normalized spacial score (nSPS) is 13.5. The molecular formula is C90H70BBrO4P2. The van der Waals surface area contributed by atoms with Crippen molar-refractivity contribution >= 4 is 139 Å². The van der Waals surface area contributed by atoms with Gasteiger partial charge in [0.15, 0.2) is 14.3 Å². The molecule has 8 heteroatoms. The Balaban J connectivity index is 0.000000128. The van der Waals surface area contributed by atoms with Gasteiger partial charge in [-0.25, -0.2) is 0 Å². The van der Waals surface area contributed by atoms with Gasteiger partial charge in [0, 0.05) is 36.3 Å². The molecular weight excluding hydrogens is 1300 g/mol. The standard InChI is InChI=1S/C42H29OP.C30H27BO2.C18H14BrOP/c43-44(34-15-3-1-4-16-34,35-17-5-2-6-18-35)36-27-25-31(26-28-36)41-37-19-9-11-21-39(37)42(40-22-12-10-20-38(40)41)33-24-23-30-13-7-8-14-32(30)29-33;1-29(2)30(3,4)33-31(32-29)28-25-15-9-7-13-23(25)27(24-14-8-10-16-26(24)28)22-18-17-20-11-5-6-12-21(20)19-22;19-15-11-13-18(14-12-15)21(20,16-7-3-1-4-8-16)17-9-5-2-6-10-17/h1-29H;5-19H,1-4H3;1-14H. The Morgan fingerprint density at radius 3 is 0.847 bits per heavy atom. The fourth-order valence-electron chi connectivity index (χ4n) is 14.1. The van der Waals surface area contributed by atoms with Gasteiger partial charge >= 0.3 is 7.12 Å². The van der Waals surface area contributed by atoms with Crippen LogP contribution < -0.4 is 37.3 Å². The van der Waals surface area contributed by atoms with Gasteiger partial charge in [-0.3, -0.25) is 0 Å². The second-order valence-corrected chi connectivity index (χ2v) is 32.5. The Morgan fingerprint density at radius 2 is 0.510 bits per heavy atom. The predicted molar refractivity (Wildman–Crippen MR) is 423 cm³/mol. The van der Waals surface area contributed by atoms with Crippen LogP contribution in [0.5, 0.6) is 0 Å². The number of hydrogen-bond acceptors (Lipinski definition) is 4. The van der Waals surface area contributed by atoms with Gasteiger partial charge in [0.05, 0.1) is 11.2 Å². The van der Waals surface area contributed by atoms with Crippen LogP contribution in [0.4, 0.5) is 0 Å². The van der Waals surface area contributed by atoms with E-state index in [1.807, 2.05) is 146 Å².